The van der Waals surface area contributed by atoms with Crippen LogP contribution in [0.1, 0.15) is 17.5 Å². The number of amides is 1. The summed E-state index contributed by atoms with van der Waals surface area (Å²) in [6.45, 7) is 3.33. The van der Waals surface area contributed by atoms with E-state index >= 15 is 0 Å². The van der Waals surface area contributed by atoms with E-state index in [-0.39, 0.29) is 6.61 Å². The van der Waals surface area contributed by atoms with E-state index in [1.807, 2.05) is 44.2 Å². The van der Waals surface area contributed by atoms with E-state index in [0.29, 0.717) is 12.1 Å². The van der Waals surface area contributed by atoms with Gasteiger partial charge in [0.25, 0.3) is 16.0 Å². The molecule has 1 aliphatic heterocycles. The van der Waals surface area contributed by atoms with E-state index in [1.165, 1.54) is 4.90 Å². The zero-order valence-corrected chi connectivity index (χ0v) is 16.2. The maximum absolute atomic E-state index is 13.0. The van der Waals surface area contributed by atoms with Gasteiger partial charge in [-0.2, -0.15) is 8.42 Å². The Morgan fingerprint density at radius 2 is 2.00 bits per heavy atom. The van der Waals surface area contributed by atoms with Gasteiger partial charge in [-0.15, -0.1) is 0 Å². The minimum atomic E-state index is -3.80. The fraction of sp³-hybridized carbons (Fsp3) is 0.368. The minimum absolute atomic E-state index is 0.211. The van der Waals surface area contributed by atoms with Crippen LogP contribution in [-0.2, 0) is 28.6 Å². The molecule has 27 heavy (non-hydrogen) atoms. The van der Waals surface area contributed by atoms with E-state index in [0.717, 1.165) is 28.2 Å². The summed E-state index contributed by atoms with van der Waals surface area (Å²) in [5.74, 6) is -1.11. The maximum atomic E-state index is 13.0. The highest BCUT2D eigenvalue weighted by molar-refractivity contribution is 7.86. The van der Waals surface area contributed by atoms with Gasteiger partial charge in [-0.05, 0) is 30.4 Å². The average molecular weight is 391 g/mol. The van der Waals surface area contributed by atoms with Crippen molar-refractivity contribution in [2.75, 3.05) is 24.4 Å². The summed E-state index contributed by atoms with van der Waals surface area (Å²) in [6, 6.07) is 8.73. The summed E-state index contributed by atoms with van der Waals surface area (Å²) in [4.78, 5) is 26.5. The average Bonchev–Trinajstić information content (AvgIpc) is 3.02. The van der Waals surface area contributed by atoms with Crippen LogP contribution in [0.15, 0.2) is 30.3 Å². The fourth-order valence-corrected chi connectivity index (χ4v) is 3.60. The smallest absolute Gasteiger partial charge is 0.329 e. The van der Waals surface area contributed by atoms with Gasteiger partial charge in [0, 0.05) is 11.8 Å². The number of nitrogens with zero attached hydrogens (tertiary/aromatic N) is 1. The number of ether oxygens (including phenoxy) is 1. The van der Waals surface area contributed by atoms with Gasteiger partial charge in [-0.25, -0.2) is 4.79 Å². The van der Waals surface area contributed by atoms with Crippen LogP contribution in [0.25, 0.3) is 10.8 Å². The number of aryl methyl sites for hydroxylation is 1. The molecule has 0 bridgehead atoms. The molecule has 0 saturated carbocycles. The summed E-state index contributed by atoms with van der Waals surface area (Å²) < 4.78 is 32.4. The molecule has 1 aliphatic rings. The van der Waals surface area contributed by atoms with E-state index in [1.54, 1.807) is 0 Å². The summed E-state index contributed by atoms with van der Waals surface area (Å²) in [5, 5.41) is 1.72. The molecule has 1 atom stereocenters. The molecule has 144 valence electrons. The van der Waals surface area contributed by atoms with E-state index < -0.39 is 34.6 Å². The lowest BCUT2D eigenvalue weighted by Crippen LogP contribution is -2.45. The number of carbonyl (C=O) groups is 2. The van der Waals surface area contributed by atoms with Gasteiger partial charge in [0.05, 0.1) is 18.6 Å². The first kappa shape index (κ1) is 19.3. The number of carbonyl (C=O) groups excluding carboxylic acids is 2. The minimum Gasteiger partial charge on any atom is -0.464 e. The fourth-order valence-electron chi connectivity index (χ4n) is 3.28. The lowest BCUT2D eigenvalue weighted by Gasteiger charge is -2.30. The van der Waals surface area contributed by atoms with Gasteiger partial charge in [0.1, 0.15) is 12.6 Å². The van der Waals surface area contributed by atoms with Crippen LogP contribution in [0.5, 0.6) is 0 Å². The van der Waals surface area contributed by atoms with Crippen LogP contribution < -0.4 is 4.90 Å². The summed E-state index contributed by atoms with van der Waals surface area (Å²) in [7, 11) is -3.80. The zero-order valence-electron chi connectivity index (χ0n) is 15.4. The number of hydrogen-bond donors (Lipinski definition) is 0. The molecule has 0 aromatic heterocycles. The molecule has 0 spiro atoms. The molecule has 0 radical (unpaired) electrons. The number of rotatable bonds is 5. The highest BCUT2D eigenvalue weighted by Crippen LogP contribution is 2.36. The van der Waals surface area contributed by atoms with E-state index in [4.69, 9.17) is 8.92 Å². The first-order valence-corrected chi connectivity index (χ1v) is 10.3. The van der Waals surface area contributed by atoms with Crippen molar-refractivity contribution >= 4 is 38.5 Å². The molecule has 1 heterocycles. The molecule has 2 aromatic carbocycles. The van der Waals surface area contributed by atoms with Crippen LogP contribution in [0.4, 0.5) is 5.69 Å². The molecular formula is C19H21NO6S. The molecule has 8 heteroatoms. The van der Waals surface area contributed by atoms with Crippen molar-refractivity contribution in [1.82, 2.24) is 0 Å². The predicted octanol–water partition coefficient (Wildman–Crippen LogP) is 2.08. The van der Waals surface area contributed by atoms with Gasteiger partial charge in [0.15, 0.2) is 0 Å². The monoisotopic (exact) mass is 391 g/mol. The van der Waals surface area contributed by atoms with E-state index in [9.17, 15) is 18.0 Å². The quantitative estimate of drug-likeness (QED) is 0.573. The van der Waals surface area contributed by atoms with Gasteiger partial charge in [-0.3, -0.25) is 13.9 Å². The number of anilines is 1. The van der Waals surface area contributed by atoms with Crippen molar-refractivity contribution in [1.29, 1.82) is 0 Å². The first-order chi connectivity index (χ1) is 12.7. The number of benzene rings is 2. The Kier molecular flexibility index (Phi) is 5.21. The third kappa shape index (κ3) is 3.96. The topological polar surface area (TPSA) is 90.0 Å². The highest BCUT2D eigenvalue weighted by atomic mass is 32.2. The van der Waals surface area contributed by atoms with Crippen molar-refractivity contribution in [3.8, 4) is 0 Å². The van der Waals surface area contributed by atoms with Crippen LogP contribution in [0.3, 0.4) is 0 Å². The summed E-state index contributed by atoms with van der Waals surface area (Å²) in [6.07, 6.45) is 1.22. The second kappa shape index (κ2) is 7.28. The predicted molar refractivity (Wildman–Crippen MR) is 101 cm³/mol. The number of esters is 1. The third-order valence-corrected chi connectivity index (χ3v) is 5.21. The zero-order chi connectivity index (χ0) is 19.8. The lowest BCUT2D eigenvalue weighted by atomic mass is 9.97. The maximum Gasteiger partial charge on any atom is 0.329 e. The standard InChI is InChI=1S/C19H21NO6S/c1-12-10-14-6-4-5-7-15(14)18(13(12)2)20(16-8-9-25-19(16)22)17(21)11-26-27(3,23)24/h4-7,10,16H,8-9,11H2,1-3H3. The Labute approximate surface area is 158 Å². The number of cyclic esters (lactones) is 1. The molecule has 3 rings (SSSR count). The molecule has 2 aromatic rings. The molecule has 1 unspecified atom stereocenters. The first-order valence-electron chi connectivity index (χ1n) is 8.51. The van der Waals surface area contributed by atoms with Crippen LogP contribution in [0.2, 0.25) is 0 Å². The second-order valence-corrected chi connectivity index (χ2v) is 8.23. The van der Waals surface area contributed by atoms with Crippen LogP contribution >= 0.6 is 0 Å². The Bertz CT molecular complexity index is 1010. The third-order valence-electron chi connectivity index (χ3n) is 4.66. The molecule has 1 fully saturated rings. The van der Waals surface area contributed by atoms with Gasteiger partial charge in [0.2, 0.25) is 0 Å². The number of fused-ring (bicyclic) bond motifs is 1. The molecule has 7 nitrogen and oxygen atoms in total. The Balaban J connectivity index is 2.16. The molecule has 0 N–H and O–H groups in total. The van der Waals surface area contributed by atoms with Gasteiger partial charge < -0.3 is 4.74 Å². The van der Waals surface area contributed by atoms with Crippen LogP contribution in [-0.4, -0.2) is 45.8 Å². The van der Waals surface area contributed by atoms with Gasteiger partial charge >= 0.3 is 5.97 Å². The summed E-state index contributed by atoms with van der Waals surface area (Å²) in [5.41, 5.74) is 2.37. The largest absolute Gasteiger partial charge is 0.464 e. The van der Waals surface area contributed by atoms with Crippen molar-refractivity contribution < 1.29 is 26.9 Å². The van der Waals surface area contributed by atoms with Crippen molar-refractivity contribution in [3.63, 3.8) is 0 Å². The van der Waals surface area contributed by atoms with Crippen molar-refractivity contribution in [2.24, 2.45) is 0 Å². The van der Waals surface area contributed by atoms with Crippen molar-refractivity contribution in [3.05, 3.63) is 41.5 Å². The molecular weight excluding hydrogens is 370 g/mol. The van der Waals surface area contributed by atoms with Gasteiger partial charge in [-0.1, -0.05) is 30.3 Å². The Morgan fingerprint density at radius 3 is 2.63 bits per heavy atom. The molecule has 0 aliphatic carbocycles. The Hall–Kier alpha value is -2.45. The molecule has 1 saturated heterocycles. The number of hydrogen-bond acceptors (Lipinski definition) is 6. The lowest BCUT2D eigenvalue weighted by molar-refractivity contribution is -0.140. The highest BCUT2D eigenvalue weighted by Gasteiger charge is 2.38. The SMILES string of the molecule is Cc1cc2ccccc2c(N(C(=O)COS(C)(=O)=O)C2CCOC2=O)c1C. The van der Waals surface area contributed by atoms with Crippen LogP contribution in [0, 0.1) is 13.8 Å². The second-order valence-electron chi connectivity index (χ2n) is 6.59. The summed E-state index contributed by atoms with van der Waals surface area (Å²) >= 11 is 0. The van der Waals surface area contributed by atoms with E-state index in [2.05, 4.69) is 0 Å². The Morgan fingerprint density at radius 1 is 1.30 bits per heavy atom. The molecule has 1 amide bonds. The van der Waals surface area contributed by atoms with Crippen molar-refractivity contribution in [2.45, 2.75) is 26.3 Å². The normalized spacial score (nSPS) is 17.1.